The molecule has 2 unspecified atom stereocenters. The molecule has 3 N–H and O–H groups in total. The number of nitrogens with zero attached hydrogens (tertiary/aromatic N) is 1. The van der Waals surface area contributed by atoms with E-state index < -0.39 is 0 Å². The van der Waals surface area contributed by atoms with Gasteiger partial charge in [-0.3, -0.25) is 0 Å². The van der Waals surface area contributed by atoms with Gasteiger partial charge in [-0.1, -0.05) is 28.1 Å². The van der Waals surface area contributed by atoms with Crippen molar-refractivity contribution in [2.75, 3.05) is 20.7 Å². The molecule has 0 heterocycles. The number of aliphatic hydroxyl groups is 1. The molecule has 0 spiro atoms. The quantitative estimate of drug-likeness (QED) is 0.871. The maximum Gasteiger partial charge on any atom is 0.0601 e. The average Bonchev–Trinajstić information content (AvgIpc) is 2.17. The molecule has 0 saturated heterocycles. The van der Waals surface area contributed by atoms with Gasteiger partial charge in [0, 0.05) is 10.5 Å². The van der Waals surface area contributed by atoms with Gasteiger partial charge >= 0.3 is 0 Å². The average molecular weight is 273 g/mol. The Morgan fingerprint density at radius 2 is 2.13 bits per heavy atom. The van der Waals surface area contributed by atoms with Crippen molar-refractivity contribution in [2.45, 2.75) is 12.1 Å². The highest BCUT2D eigenvalue weighted by molar-refractivity contribution is 9.10. The van der Waals surface area contributed by atoms with Crippen molar-refractivity contribution in [3.05, 3.63) is 34.3 Å². The lowest BCUT2D eigenvalue weighted by Crippen LogP contribution is -2.39. The van der Waals surface area contributed by atoms with Crippen molar-refractivity contribution in [1.82, 2.24) is 4.90 Å². The first-order valence-corrected chi connectivity index (χ1v) is 5.64. The van der Waals surface area contributed by atoms with E-state index >= 15 is 0 Å². The van der Waals surface area contributed by atoms with Crippen molar-refractivity contribution in [3.63, 3.8) is 0 Å². The first-order valence-electron chi connectivity index (χ1n) is 4.84. The summed E-state index contributed by atoms with van der Waals surface area (Å²) in [5.74, 6) is 0. The summed E-state index contributed by atoms with van der Waals surface area (Å²) in [6, 6.07) is 7.76. The Hall–Kier alpha value is -0.420. The van der Waals surface area contributed by atoms with Gasteiger partial charge in [-0.15, -0.1) is 0 Å². The second kappa shape index (κ2) is 5.61. The summed E-state index contributed by atoms with van der Waals surface area (Å²) in [6.45, 7) is -0.0185. The number of nitrogens with two attached hydrogens (primary N) is 1. The van der Waals surface area contributed by atoms with Crippen LogP contribution in [0.1, 0.15) is 11.6 Å². The highest BCUT2D eigenvalue weighted by Crippen LogP contribution is 2.23. The van der Waals surface area contributed by atoms with Gasteiger partial charge in [-0.25, -0.2) is 0 Å². The first-order chi connectivity index (χ1) is 7.06. The molecule has 1 aromatic carbocycles. The maximum absolute atomic E-state index is 9.12. The minimum absolute atomic E-state index is 0.0185. The molecule has 2 atom stereocenters. The molecule has 0 aromatic heterocycles. The highest BCUT2D eigenvalue weighted by atomic mass is 79.9. The molecule has 0 fully saturated rings. The summed E-state index contributed by atoms with van der Waals surface area (Å²) in [5.41, 5.74) is 7.00. The first kappa shape index (κ1) is 12.6. The van der Waals surface area contributed by atoms with Gasteiger partial charge in [0.1, 0.15) is 0 Å². The monoisotopic (exact) mass is 272 g/mol. The molecular formula is C11H17BrN2O. The fraction of sp³-hybridized carbons (Fsp3) is 0.455. The number of hydrogen-bond acceptors (Lipinski definition) is 3. The zero-order chi connectivity index (χ0) is 11.4. The number of rotatable bonds is 4. The largest absolute Gasteiger partial charge is 0.395 e. The normalized spacial score (nSPS) is 15.3. The molecule has 0 aliphatic carbocycles. The predicted octanol–water partition coefficient (Wildman–Crippen LogP) is 1.37. The second-order valence-electron chi connectivity index (χ2n) is 3.81. The second-order valence-corrected chi connectivity index (χ2v) is 4.73. The Balaban J connectivity index is 2.99. The molecule has 0 bridgehead atoms. The minimum atomic E-state index is -0.269. The van der Waals surface area contributed by atoms with Gasteiger partial charge in [0.15, 0.2) is 0 Å². The third-order valence-electron chi connectivity index (χ3n) is 2.36. The van der Waals surface area contributed by atoms with Crippen LogP contribution in [-0.4, -0.2) is 36.8 Å². The van der Waals surface area contributed by atoms with Gasteiger partial charge in [-0.05, 0) is 31.8 Å². The molecule has 84 valence electrons. The zero-order valence-electron chi connectivity index (χ0n) is 9.02. The van der Waals surface area contributed by atoms with E-state index in [1.165, 1.54) is 0 Å². The Labute approximate surface area is 99.0 Å². The lowest BCUT2D eigenvalue weighted by atomic mass is 9.99. The van der Waals surface area contributed by atoms with E-state index in [1.54, 1.807) is 0 Å². The topological polar surface area (TPSA) is 49.5 Å². The Morgan fingerprint density at radius 3 is 2.60 bits per heavy atom. The van der Waals surface area contributed by atoms with Crippen molar-refractivity contribution >= 4 is 15.9 Å². The standard InChI is InChI=1S/C11H17BrN2O/c1-14(2)11(10(13)7-15)8-4-3-5-9(12)6-8/h3-6,10-11,15H,7,13H2,1-2H3. The van der Waals surface area contributed by atoms with Crippen molar-refractivity contribution in [1.29, 1.82) is 0 Å². The third kappa shape index (κ3) is 3.28. The van der Waals surface area contributed by atoms with Gasteiger partial charge in [-0.2, -0.15) is 0 Å². The molecule has 0 amide bonds. The molecular weight excluding hydrogens is 256 g/mol. The SMILES string of the molecule is CN(C)C(c1cccc(Br)c1)C(N)CO. The molecule has 0 radical (unpaired) electrons. The predicted molar refractivity (Wildman–Crippen MR) is 65.6 cm³/mol. The van der Waals surface area contributed by atoms with Gasteiger partial charge in [0.2, 0.25) is 0 Å². The van der Waals surface area contributed by atoms with Crippen LogP contribution in [0.2, 0.25) is 0 Å². The van der Waals surface area contributed by atoms with Crippen molar-refractivity contribution < 1.29 is 5.11 Å². The Bertz CT molecular complexity index is 317. The van der Waals surface area contributed by atoms with Gasteiger partial charge in [0.25, 0.3) is 0 Å². The molecule has 3 nitrogen and oxygen atoms in total. The molecule has 1 aromatic rings. The van der Waals surface area contributed by atoms with Crippen molar-refractivity contribution in [2.24, 2.45) is 5.73 Å². The van der Waals surface area contributed by atoms with Crippen LogP contribution >= 0.6 is 15.9 Å². The van der Waals surface area contributed by atoms with Crippen LogP contribution in [-0.2, 0) is 0 Å². The molecule has 1 rings (SSSR count). The van der Waals surface area contributed by atoms with E-state index in [1.807, 2.05) is 43.3 Å². The van der Waals surface area contributed by atoms with Crippen LogP contribution in [0.15, 0.2) is 28.7 Å². The smallest absolute Gasteiger partial charge is 0.0601 e. The van der Waals surface area contributed by atoms with Crippen LogP contribution < -0.4 is 5.73 Å². The number of hydrogen-bond donors (Lipinski definition) is 2. The summed E-state index contributed by atoms with van der Waals surface area (Å²) in [4.78, 5) is 2.02. The zero-order valence-corrected chi connectivity index (χ0v) is 10.6. The van der Waals surface area contributed by atoms with Crippen molar-refractivity contribution in [3.8, 4) is 0 Å². The van der Waals surface area contributed by atoms with Crippen LogP contribution in [0, 0.1) is 0 Å². The summed E-state index contributed by atoms with van der Waals surface area (Å²) >= 11 is 3.43. The Kier molecular flexibility index (Phi) is 4.73. The molecule has 0 aliphatic heterocycles. The molecule has 4 heteroatoms. The third-order valence-corrected chi connectivity index (χ3v) is 2.86. The number of benzene rings is 1. The summed E-state index contributed by atoms with van der Waals surface area (Å²) in [5, 5.41) is 9.12. The maximum atomic E-state index is 9.12. The van der Waals surface area contributed by atoms with E-state index in [9.17, 15) is 0 Å². The lowest BCUT2D eigenvalue weighted by molar-refractivity contribution is 0.181. The van der Waals surface area contributed by atoms with Crippen LogP contribution in [0.25, 0.3) is 0 Å². The number of aliphatic hydroxyl groups excluding tert-OH is 1. The summed E-state index contributed by atoms with van der Waals surface area (Å²) < 4.78 is 1.02. The van der Waals surface area contributed by atoms with Crippen LogP contribution in [0.5, 0.6) is 0 Å². The summed E-state index contributed by atoms with van der Waals surface area (Å²) in [6.07, 6.45) is 0. The highest BCUT2D eigenvalue weighted by Gasteiger charge is 2.21. The van der Waals surface area contributed by atoms with E-state index in [4.69, 9.17) is 10.8 Å². The lowest BCUT2D eigenvalue weighted by Gasteiger charge is -2.29. The van der Waals surface area contributed by atoms with E-state index in [2.05, 4.69) is 15.9 Å². The molecule has 0 saturated carbocycles. The summed E-state index contributed by atoms with van der Waals surface area (Å²) in [7, 11) is 3.92. The minimum Gasteiger partial charge on any atom is -0.395 e. The number of halogens is 1. The molecule has 0 aliphatic rings. The fourth-order valence-corrected chi connectivity index (χ4v) is 2.14. The molecule has 15 heavy (non-hydrogen) atoms. The van der Waals surface area contributed by atoms with Crippen LogP contribution in [0.4, 0.5) is 0 Å². The van der Waals surface area contributed by atoms with Gasteiger partial charge in [0.05, 0.1) is 12.6 Å². The van der Waals surface area contributed by atoms with E-state index in [-0.39, 0.29) is 18.7 Å². The number of likely N-dealkylation sites (N-methyl/N-ethyl adjacent to an activating group) is 1. The fourth-order valence-electron chi connectivity index (χ4n) is 1.72. The Morgan fingerprint density at radius 1 is 1.47 bits per heavy atom. The van der Waals surface area contributed by atoms with E-state index in [0.717, 1.165) is 10.0 Å². The van der Waals surface area contributed by atoms with E-state index in [0.29, 0.717) is 0 Å². The van der Waals surface area contributed by atoms with Crippen LogP contribution in [0.3, 0.4) is 0 Å². The van der Waals surface area contributed by atoms with Gasteiger partial charge < -0.3 is 15.7 Å².